The van der Waals surface area contributed by atoms with Crippen molar-refractivity contribution < 1.29 is 22.7 Å². The van der Waals surface area contributed by atoms with Crippen molar-refractivity contribution in [2.45, 2.75) is 60.1 Å². The molecule has 0 saturated heterocycles. The first kappa shape index (κ1) is 26.2. The molecule has 1 aromatic rings. The zero-order chi connectivity index (χ0) is 24.8. The van der Waals surface area contributed by atoms with Gasteiger partial charge in [-0.3, -0.25) is 0 Å². The van der Waals surface area contributed by atoms with E-state index >= 15 is 0 Å². The second kappa shape index (κ2) is 10.7. The minimum Gasteiger partial charge on any atom is -0.421 e. The predicted octanol–water partition coefficient (Wildman–Crippen LogP) is 7.72. The molecule has 0 fully saturated rings. The van der Waals surface area contributed by atoms with E-state index in [4.69, 9.17) is 10.5 Å². The van der Waals surface area contributed by atoms with Crippen molar-refractivity contribution in [3.63, 3.8) is 0 Å². The Bertz CT molecular complexity index is 1040. The molecule has 0 radical (unpaired) electrons. The highest BCUT2D eigenvalue weighted by Gasteiger charge is 2.31. The molecule has 0 aliphatic heterocycles. The Labute approximate surface area is 194 Å². The Morgan fingerprint density at radius 3 is 2.45 bits per heavy atom. The third kappa shape index (κ3) is 7.81. The van der Waals surface area contributed by atoms with Crippen LogP contribution in [0.25, 0.3) is 0 Å². The van der Waals surface area contributed by atoms with E-state index in [1.54, 1.807) is 13.0 Å². The van der Waals surface area contributed by atoms with Gasteiger partial charge in [0.15, 0.2) is 5.75 Å². The number of carbonyl (C=O) groups excluding carboxylic acids is 1. The van der Waals surface area contributed by atoms with E-state index in [1.165, 1.54) is 30.1 Å². The molecule has 0 bridgehead atoms. The summed E-state index contributed by atoms with van der Waals surface area (Å²) in [6.07, 6.45) is 10.1. The molecule has 1 aliphatic rings. The van der Waals surface area contributed by atoms with Crippen molar-refractivity contribution in [3.05, 3.63) is 82.5 Å². The lowest BCUT2D eigenvalue weighted by molar-refractivity contribution is -0.137. The SMILES string of the molecule is CC(C=CC1=C(C)CCCC1(C)C)=CC=CC(C)=CC(=O)Oc1ccc(C(F)(F)F)cc1N. The monoisotopic (exact) mass is 459 g/mol. The number of carbonyl (C=O) groups is 1. The predicted molar refractivity (Wildman–Crippen MR) is 128 cm³/mol. The molecule has 3 nitrogen and oxygen atoms in total. The lowest BCUT2D eigenvalue weighted by atomic mass is 9.72. The molecule has 0 saturated carbocycles. The number of hydrogen-bond acceptors (Lipinski definition) is 3. The summed E-state index contributed by atoms with van der Waals surface area (Å²) in [6, 6.07) is 2.60. The van der Waals surface area contributed by atoms with E-state index in [2.05, 4.69) is 32.9 Å². The van der Waals surface area contributed by atoms with Crippen LogP contribution >= 0.6 is 0 Å². The molecule has 0 atom stereocenters. The zero-order valence-electron chi connectivity index (χ0n) is 19.8. The highest BCUT2D eigenvalue weighted by atomic mass is 19.4. The van der Waals surface area contributed by atoms with Crippen LogP contribution in [0.4, 0.5) is 18.9 Å². The van der Waals surface area contributed by atoms with Crippen molar-refractivity contribution in [2.24, 2.45) is 5.41 Å². The minimum absolute atomic E-state index is 0.114. The Morgan fingerprint density at radius 2 is 1.85 bits per heavy atom. The second-order valence-corrected chi connectivity index (χ2v) is 9.09. The molecule has 1 aromatic carbocycles. The highest BCUT2D eigenvalue weighted by Crippen LogP contribution is 2.40. The van der Waals surface area contributed by atoms with E-state index in [0.717, 1.165) is 30.2 Å². The van der Waals surface area contributed by atoms with E-state index < -0.39 is 17.7 Å². The molecule has 0 amide bonds. The Kier molecular flexibility index (Phi) is 8.53. The first-order valence-corrected chi connectivity index (χ1v) is 10.9. The van der Waals surface area contributed by atoms with E-state index in [9.17, 15) is 18.0 Å². The quantitative estimate of drug-likeness (QED) is 0.156. The van der Waals surface area contributed by atoms with Gasteiger partial charge in [0.05, 0.1) is 11.3 Å². The lowest BCUT2D eigenvalue weighted by Gasteiger charge is -2.32. The summed E-state index contributed by atoms with van der Waals surface area (Å²) >= 11 is 0. The van der Waals surface area contributed by atoms with Crippen LogP contribution in [-0.2, 0) is 11.0 Å². The maximum atomic E-state index is 12.7. The summed E-state index contributed by atoms with van der Waals surface area (Å²) < 4.78 is 43.2. The van der Waals surface area contributed by atoms with E-state index in [-0.39, 0.29) is 16.9 Å². The minimum atomic E-state index is -4.51. The second-order valence-electron chi connectivity index (χ2n) is 9.09. The van der Waals surface area contributed by atoms with Gasteiger partial charge in [0, 0.05) is 6.08 Å². The molecular weight excluding hydrogens is 427 g/mol. The van der Waals surface area contributed by atoms with Crippen molar-refractivity contribution in [3.8, 4) is 5.75 Å². The number of alkyl halides is 3. The number of esters is 1. The summed E-state index contributed by atoms with van der Waals surface area (Å²) in [7, 11) is 0. The summed E-state index contributed by atoms with van der Waals surface area (Å²) in [5.41, 5.74) is 9.16. The molecule has 178 valence electrons. The fourth-order valence-electron chi connectivity index (χ4n) is 3.82. The van der Waals surface area contributed by atoms with Crippen molar-refractivity contribution >= 4 is 11.7 Å². The van der Waals surface area contributed by atoms with Crippen LogP contribution in [0, 0.1) is 5.41 Å². The van der Waals surface area contributed by atoms with Gasteiger partial charge in [-0.2, -0.15) is 13.2 Å². The maximum absolute atomic E-state index is 12.7. The molecule has 1 aliphatic carbocycles. The van der Waals surface area contributed by atoms with Crippen molar-refractivity contribution in [2.75, 3.05) is 5.73 Å². The van der Waals surface area contributed by atoms with Crippen LogP contribution in [0.1, 0.15) is 59.4 Å². The summed E-state index contributed by atoms with van der Waals surface area (Å²) in [6.45, 7) is 10.5. The molecule has 33 heavy (non-hydrogen) atoms. The van der Waals surface area contributed by atoms with Crippen LogP contribution < -0.4 is 10.5 Å². The van der Waals surface area contributed by atoms with Gasteiger partial charge in [0.25, 0.3) is 0 Å². The number of anilines is 1. The van der Waals surface area contributed by atoms with Gasteiger partial charge in [-0.25, -0.2) is 4.79 Å². The number of rotatable bonds is 6. The summed E-state index contributed by atoms with van der Waals surface area (Å²) in [4.78, 5) is 12.1. The average Bonchev–Trinajstić information content (AvgIpc) is 2.67. The molecular formula is C27H32F3NO2. The van der Waals surface area contributed by atoms with Crippen LogP contribution in [0.2, 0.25) is 0 Å². The van der Waals surface area contributed by atoms with Gasteiger partial charge in [-0.1, -0.05) is 55.4 Å². The highest BCUT2D eigenvalue weighted by molar-refractivity contribution is 5.86. The van der Waals surface area contributed by atoms with Crippen LogP contribution in [0.3, 0.4) is 0 Å². The first-order chi connectivity index (χ1) is 15.3. The van der Waals surface area contributed by atoms with E-state index in [1.807, 2.05) is 19.1 Å². The standard InChI is InChI=1S/C27H32F3NO2/c1-18(11-13-22-20(3)10-7-15-26(22,4)5)8-6-9-19(2)16-25(32)33-24-14-12-21(17-23(24)31)27(28,29)30/h6,8-9,11-14,16-17H,7,10,15,31H2,1-5H3. The van der Waals surface area contributed by atoms with Crippen LogP contribution in [-0.4, -0.2) is 5.97 Å². The smallest absolute Gasteiger partial charge is 0.416 e. The largest absolute Gasteiger partial charge is 0.421 e. The Balaban J connectivity index is 2.00. The van der Waals surface area contributed by atoms with Gasteiger partial charge >= 0.3 is 12.1 Å². The molecule has 0 heterocycles. The zero-order valence-corrected chi connectivity index (χ0v) is 19.8. The molecule has 2 rings (SSSR count). The van der Waals surface area contributed by atoms with Crippen molar-refractivity contribution in [1.29, 1.82) is 0 Å². The lowest BCUT2D eigenvalue weighted by Crippen LogP contribution is -2.19. The number of nitrogen functional groups attached to an aromatic ring is 1. The third-order valence-corrected chi connectivity index (χ3v) is 5.67. The molecule has 6 heteroatoms. The van der Waals surface area contributed by atoms with Gasteiger partial charge in [-0.05, 0) is 74.8 Å². The van der Waals surface area contributed by atoms with Gasteiger partial charge in [-0.15, -0.1) is 0 Å². The summed E-state index contributed by atoms with van der Waals surface area (Å²) in [5.74, 6) is -0.830. The number of ether oxygens (including phenoxy) is 1. The maximum Gasteiger partial charge on any atom is 0.416 e. The summed E-state index contributed by atoms with van der Waals surface area (Å²) in [5, 5.41) is 0. The van der Waals surface area contributed by atoms with Crippen LogP contribution in [0.5, 0.6) is 5.75 Å². The third-order valence-electron chi connectivity index (χ3n) is 5.67. The molecule has 0 spiro atoms. The number of halogens is 3. The Hall–Kier alpha value is -3.02. The number of allylic oxidation sites excluding steroid dienone is 9. The van der Waals surface area contributed by atoms with E-state index in [0.29, 0.717) is 5.57 Å². The topological polar surface area (TPSA) is 52.3 Å². The number of benzene rings is 1. The number of hydrogen-bond donors (Lipinski definition) is 1. The number of nitrogens with two attached hydrogens (primary N) is 1. The van der Waals surface area contributed by atoms with Gasteiger partial charge < -0.3 is 10.5 Å². The molecule has 0 aromatic heterocycles. The molecule has 2 N–H and O–H groups in total. The Morgan fingerprint density at radius 1 is 1.15 bits per heavy atom. The normalized spacial score (nSPS) is 17.8. The fourth-order valence-corrected chi connectivity index (χ4v) is 3.82. The first-order valence-electron chi connectivity index (χ1n) is 10.9. The van der Waals surface area contributed by atoms with Crippen LogP contribution in [0.15, 0.2) is 76.9 Å². The van der Waals surface area contributed by atoms with Crippen molar-refractivity contribution in [1.82, 2.24) is 0 Å². The average molecular weight is 460 g/mol. The van der Waals surface area contributed by atoms with Gasteiger partial charge in [0.2, 0.25) is 0 Å². The molecule has 0 unspecified atom stereocenters. The van der Waals surface area contributed by atoms with Gasteiger partial charge in [0.1, 0.15) is 0 Å². The fraction of sp³-hybridized carbons (Fsp3) is 0.370.